The molecule has 1 aliphatic rings. The van der Waals surface area contributed by atoms with E-state index in [0.717, 1.165) is 73.6 Å². The van der Waals surface area contributed by atoms with Crippen LogP contribution in [0.4, 0.5) is 5.82 Å². The van der Waals surface area contributed by atoms with Crippen LogP contribution in [0.1, 0.15) is 51.5 Å². The van der Waals surface area contributed by atoms with Crippen molar-refractivity contribution in [3.8, 4) is 16.9 Å². The standard InChI is InChI=1S/C26H34N2O4/c1-3-5-14-31-15-16-32-24-10-8-20(9-11-24)23-18-22-17-21(26(29)30)7-6-13-28(12-4-2)25(22)27-19-23/h8-11,17-19H,3-7,12-16H2,1-2H3,(H,29,30). The number of aromatic nitrogens is 1. The zero-order valence-corrected chi connectivity index (χ0v) is 19.2. The number of unbranched alkanes of at least 4 members (excludes halogenated alkanes) is 1. The summed E-state index contributed by atoms with van der Waals surface area (Å²) in [6.45, 7) is 7.90. The minimum atomic E-state index is -0.856. The second-order valence-electron chi connectivity index (χ2n) is 8.04. The summed E-state index contributed by atoms with van der Waals surface area (Å²) in [5.41, 5.74) is 3.27. The van der Waals surface area contributed by atoms with Crippen LogP contribution in [0, 0.1) is 0 Å². The van der Waals surface area contributed by atoms with Gasteiger partial charge in [-0.2, -0.15) is 0 Å². The Hall–Kier alpha value is -2.86. The summed E-state index contributed by atoms with van der Waals surface area (Å²) >= 11 is 0. The summed E-state index contributed by atoms with van der Waals surface area (Å²) in [7, 11) is 0. The molecular formula is C26H34N2O4. The first-order valence-corrected chi connectivity index (χ1v) is 11.6. The first-order chi connectivity index (χ1) is 15.6. The lowest BCUT2D eigenvalue weighted by Crippen LogP contribution is -2.28. The smallest absolute Gasteiger partial charge is 0.331 e. The molecule has 1 aliphatic heterocycles. The van der Waals surface area contributed by atoms with Crippen molar-refractivity contribution in [1.29, 1.82) is 0 Å². The third kappa shape index (κ3) is 6.57. The van der Waals surface area contributed by atoms with Crippen LogP contribution in [0.3, 0.4) is 0 Å². The number of aliphatic carboxylic acids is 1. The lowest BCUT2D eigenvalue weighted by Gasteiger charge is -2.27. The first-order valence-electron chi connectivity index (χ1n) is 11.6. The molecule has 0 spiro atoms. The van der Waals surface area contributed by atoms with E-state index >= 15 is 0 Å². The number of carboxylic acids is 1. The second-order valence-corrected chi connectivity index (χ2v) is 8.04. The number of rotatable bonds is 11. The molecule has 1 aromatic heterocycles. The predicted molar refractivity (Wildman–Crippen MR) is 128 cm³/mol. The number of pyridine rings is 1. The molecule has 32 heavy (non-hydrogen) atoms. The second kappa shape index (κ2) is 12.2. The van der Waals surface area contributed by atoms with Crippen molar-refractivity contribution in [3.63, 3.8) is 0 Å². The molecule has 0 radical (unpaired) electrons. The molecule has 2 heterocycles. The Labute approximate surface area is 190 Å². The summed E-state index contributed by atoms with van der Waals surface area (Å²) in [6.07, 6.45) is 8.25. The minimum Gasteiger partial charge on any atom is -0.491 e. The van der Waals surface area contributed by atoms with Crippen LogP contribution in [0.15, 0.2) is 42.1 Å². The normalized spacial score (nSPS) is 13.7. The van der Waals surface area contributed by atoms with Crippen LogP contribution >= 0.6 is 0 Å². The van der Waals surface area contributed by atoms with Gasteiger partial charge in [0, 0.05) is 42.6 Å². The SMILES string of the molecule is CCCCOCCOc1ccc(-c2cnc3c(c2)C=C(C(=O)O)CCCN3CCC)cc1. The minimum absolute atomic E-state index is 0.436. The summed E-state index contributed by atoms with van der Waals surface area (Å²) < 4.78 is 11.3. The number of carboxylic acid groups (broad SMARTS) is 1. The largest absolute Gasteiger partial charge is 0.491 e. The van der Waals surface area contributed by atoms with E-state index in [1.165, 1.54) is 0 Å². The van der Waals surface area contributed by atoms with Crippen LogP contribution in [0.5, 0.6) is 5.75 Å². The maximum absolute atomic E-state index is 11.7. The van der Waals surface area contributed by atoms with Gasteiger partial charge in [0.2, 0.25) is 0 Å². The fourth-order valence-corrected chi connectivity index (χ4v) is 3.80. The van der Waals surface area contributed by atoms with Crippen LogP contribution in [0.25, 0.3) is 17.2 Å². The maximum Gasteiger partial charge on any atom is 0.331 e. The number of anilines is 1. The Morgan fingerprint density at radius 3 is 2.62 bits per heavy atom. The number of fused-ring (bicyclic) bond motifs is 1. The molecule has 0 atom stereocenters. The van der Waals surface area contributed by atoms with Gasteiger partial charge in [0.25, 0.3) is 0 Å². The quantitative estimate of drug-likeness (QED) is 0.472. The van der Waals surface area contributed by atoms with Gasteiger partial charge in [-0.1, -0.05) is 32.4 Å². The van der Waals surface area contributed by atoms with Crippen molar-refractivity contribution >= 4 is 17.9 Å². The molecule has 0 amide bonds. The van der Waals surface area contributed by atoms with Gasteiger partial charge in [0.1, 0.15) is 18.2 Å². The third-order valence-electron chi connectivity index (χ3n) is 5.49. The highest BCUT2D eigenvalue weighted by atomic mass is 16.5. The lowest BCUT2D eigenvalue weighted by atomic mass is 10.00. The van der Waals surface area contributed by atoms with Gasteiger partial charge >= 0.3 is 5.97 Å². The Kier molecular flexibility index (Phi) is 9.11. The number of carbonyl (C=O) groups is 1. The van der Waals surface area contributed by atoms with Crippen molar-refractivity contribution < 1.29 is 19.4 Å². The van der Waals surface area contributed by atoms with E-state index in [9.17, 15) is 9.90 Å². The molecule has 3 rings (SSSR count). The molecule has 1 N–H and O–H groups in total. The van der Waals surface area contributed by atoms with Gasteiger partial charge in [0.05, 0.1) is 6.61 Å². The molecule has 2 aromatic rings. The molecule has 0 fully saturated rings. The van der Waals surface area contributed by atoms with E-state index in [1.807, 2.05) is 36.5 Å². The van der Waals surface area contributed by atoms with Gasteiger partial charge < -0.3 is 19.5 Å². The Balaban J connectivity index is 1.76. The lowest BCUT2D eigenvalue weighted by molar-refractivity contribution is -0.132. The van der Waals surface area contributed by atoms with Gasteiger partial charge in [-0.15, -0.1) is 0 Å². The van der Waals surface area contributed by atoms with Gasteiger partial charge in [-0.05, 0) is 55.5 Å². The molecule has 0 saturated carbocycles. The van der Waals surface area contributed by atoms with E-state index in [0.29, 0.717) is 25.2 Å². The molecule has 0 aliphatic carbocycles. The summed E-state index contributed by atoms with van der Waals surface area (Å²) in [6, 6.07) is 9.94. The molecular weight excluding hydrogens is 404 g/mol. The molecule has 6 heteroatoms. The number of hydrogen-bond donors (Lipinski definition) is 1. The highest BCUT2D eigenvalue weighted by molar-refractivity contribution is 5.93. The third-order valence-corrected chi connectivity index (χ3v) is 5.49. The molecule has 0 bridgehead atoms. The highest BCUT2D eigenvalue weighted by Gasteiger charge is 2.18. The van der Waals surface area contributed by atoms with E-state index in [2.05, 4.69) is 18.7 Å². The number of nitrogens with zero attached hydrogens (tertiary/aromatic N) is 2. The highest BCUT2D eigenvalue weighted by Crippen LogP contribution is 2.30. The van der Waals surface area contributed by atoms with Gasteiger partial charge in [-0.25, -0.2) is 9.78 Å². The number of hydrogen-bond acceptors (Lipinski definition) is 5. The van der Waals surface area contributed by atoms with Crippen molar-refractivity contribution in [2.75, 3.05) is 37.8 Å². The molecule has 1 aromatic carbocycles. The van der Waals surface area contributed by atoms with Crippen molar-refractivity contribution in [2.24, 2.45) is 0 Å². The van der Waals surface area contributed by atoms with Crippen LogP contribution in [-0.2, 0) is 9.53 Å². The van der Waals surface area contributed by atoms with Gasteiger partial charge in [0.15, 0.2) is 0 Å². The van der Waals surface area contributed by atoms with E-state index in [1.54, 1.807) is 6.08 Å². The zero-order valence-electron chi connectivity index (χ0n) is 19.2. The molecule has 6 nitrogen and oxygen atoms in total. The van der Waals surface area contributed by atoms with Crippen molar-refractivity contribution in [3.05, 3.63) is 47.7 Å². The molecule has 0 unspecified atom stereocenters. The Morgan fingerprint density at radius 1 is 1.09 bits per heavy atom. The van der Waals surface area contributed by atoms with Gasteiger partial charge in [-0.3, -0.25) is 0 Å². The Morgan fingerprint density at radius 2 is 1.91 bits per heavy atom. The van der Waals surface area contributed by atoms with Crippen LogP contribution in [0.2, 0.25) is 0 Å². The number of ether oxygens (including phenoxy) is 2. The van der Waals surface area contributed by atoms with Crippen LogP contribution in [-0.4, -0.2) is 49.0 Å². The molecule has 0 saturated heterocycles. The van der Waals surface area contributed by atoms with Crippen LogP contribution < -0.4 is 9.64 Å². The number of benzene rings is 1. The van der Waals surface area contributed by atoms with Crippen molar-refractivity contribution in [2.45, 2.75) is 46.0 Å². The van der Waals surface area contributed by atoms with E-state index in [4.69, 9.17) is 14.5 Å². The summed E-state index contributed by atoms with van der Waals surface area (Å²) in [5, 5.41) is 9.57. The summed E-state index contributed by atoms with van der Waals surface area (Å²) in [5.74, 6) is 0.803. The topological polar surface area (TPSA) is 71.9 Å². The monoisotopic (exact) mass is 438 g/mol. The summed E-state index contributed by atoms with van der Waals surface area (Å²) in [4.78, 5) is 18.7. The molecule has 172 valence electrons. The van der Waals surface area contributed by atoms with E-state index < -0.39 is 5.97 Å². The first kappa shape index (κ1) is 23.8. The predicted octanol–water partition coefficient (Wildman–Crippen LogP) is 5.42. The average molecular weight is 439 g/mol. The maximum atomic E-state index is 11.7. The Bertz CT molecular complexity index is 909. The zero-order chi connectivity index (χ0) is 22.8. The van der Waals surface area contributed by atoms with E-state index in [-0.39, 0.29) is 0 Å². The average Bonchev–Trinajstić information content (AvgIpc) is 2.79. The fourth-order valence-electron chi connectivity index (χ4n) is 3.80. The van der Waals surface area contributed by atoms with Crippen molar-refractivity contribution in [1.82, 2.24) is 4.98 Å². The fraction of sp³-hybridized carbons (Fsp3) is 0.462.